The molecule has 7 heteroatoms. The van der Waals surface area contributed by atoms with Gasteiger partial charge in [-0.2, -0.15) is 5.10 Å². The third-order valence-electron chi connectivity index (χ3n) is 5.13. The highest BCUT2D eigenvalue weighted by molar-refractivity contribution is 6.06. The van der Waals surface area contributed by atoms with Gasteiger partial charge in [0.2, 0.25) is 0 Å². The third kappa shape index (κ3) is 2.82. The van der Waals surface area contributed by atoms with Crippen LogP contribution in [0.3, 0.4) is 0 Å². The Labute approximate surface area is 166 Å². The molecule has 0 aliphatic carbocycles. The van der Waals surface area contributed by atoms with Gasteiger partial charge < -0.3 is 10.3 Å². The van der Waals surface area contributed by atoms with Crippen LogP contribution in [-0.2, 0) is 6.54 Å². The van der Waals surface area contributed by atoms with E-state index in [1.165, 1.54) is 12.1 Å². The second kappa shape index (κ2) is 6.41. The number of anilines is 1. The van der Waals surface area contributed by atoms with Crippen molar-refractivity contribution in [3.63, 3.8) is 0 Å². The normalized spacial score (nSPS) is 11.6. The summed E-state index contributed by atoms with van der Waals surface area (Å²) < 4.78 is 17.2. The van der Waals surface area contributed by atoms with Crippen LogP contribution in [0.15, 0.2) is 54.6 Å². The van der Waals surface area contributed by atoms with Gasteiger partial charge in [0, 0.05) is 11.1 Å². The van der Waals surface area contributed by atoms with Crippen molar-refractivity contribution in [3.8, 4) is 5.69 Å². The largest absolute Gasteiger partial charge is 0.382 e. The van der Waals surface area contributed by atoms with Gasteiger partial charge in [-0.15, -0.1) is 0 Å². The fraction of sp³-hybridized carbons (Fsp3) is 0.136. The Kier molecular flexibility index (Phi) is 3.84. The molecule has 2 N–H and O–H groups in total. The maximum absolute atomic E-state index is 13.3. The summed E-state index contributed by atoms with van der Waals surface area (Å²) in [4.78, 5) is 9.14. The number of aromatic nitrogens is 5. The summed E-state index contributed by atoms with van der Waals surface area (Å²) in [6.45, 7) is 4.49. The highest BCUT2D eigenvalue weighted by Crippen LogP contribution is 2.29. The van der Waals surface area contributed by atoms with Crippen molar-refractivity contribution in [1.82, 2.24) is 24.3 Å². The molecule has 5 aromatic rings. The quantitative estimate of drug-likeness (QED) is 0.505. The van der Waals surface area contributed by atoms with Crippen LogP contribution < -0.4 is 5.73 Å². The number of imidazole rings is 1. The second-order valence-corrected chi connectivity index (χ2v) is 7.12. The van der Waals surface area contributed by atoms with Gasteiger partial charge in [-0.25, -0.2) is 19.0 Å². The summed E-state index contributed by atoms with van der Waals surface area (Å²) in [5.74, 6) is 1.00. The number of benzene rings is 2. The van der Waals surface area contributed by atoms with Crippen LogP contribution in [0.25, 0.3) is 27.6 Å². The molecule has 0 aliphatic heterocycles. The number of halogens is 1. The number of para-hydroxylation sites is 1. The van der Waals surface area contributed by atoms with Crippen molar-refractivity contribution < 1.29 is 4.39 Å². The van der Waals surface area contributed by atoms with Gasteiger partial charge in [0.1, 0.15) is 17.2 Å². The van der Waals surface area contributed by atoms with Gasteiger partial charge in [-0.05, 0) is 50.2 Å². The first-order valence-corrected chi connectivity index (χ1v) is 9.34. The molecule has 3 aromatic heterocycles. The van der Waals surface area contributed by atoms with Gasteiger partial charge in [-0.1, -0.05) is 18.2 Å². The van der Waals surface area contributed by atoms with Crippen molar-refractivity contribution in [2.45, 2.75) is 20.4 Å². The molecular weight excluding hydrogens is 367 g/mol. The van der Waals surface area contributed by atoms with Crippen LogP contribution >= 0.6 is 0 Å². The minimum absolute atomic E-state index is 0.266. The van der Waals surface area contributed by atoms with Gasteiger partial charge in [0.05, 0.1) is 29.0 Å². The molecule has 0 fully saturated rings. The van der Waals surface area contributed by atoms with E-state index in [0.29, 0.717) is 17.9 Å². The van der Waals surface area contributed by atoms with Crippen molar-refractivity contribution >= 4 is 27.8 Å². The van der Waals surface area contributed by atoms with Crippen LogP contribution in [0.1, 0.15) is 17.2 Å². The Bertz CT molecular complexity index is 1360. The lowest BCUT2D eigenvalue weighted by Gasteiger charge is -2.08. The lowest BCUT2D eigenvalue weighted by atomic mass is 10.2. The zero-order chi connectivity index (χ0) is 20.1. The zero-order valence-corrected chi connectivity index (χ0v) is 16.1. The van der Waals surface area contributed by atoms with E-state index in [2.05, 4.69) is 14.5 Å². The number of nitrogens with two attached hydrogens (primary N) is 1. The van der Waals surface area contributed by atoms with E-state index in [4.69, 9.17) is 10.8 Å². The van der Waals surface area contributed by atoms with Crippen molar-refractivity contribution in [2.24, 2.45) is 0 Å². The lowest BCUT2D eigenvalue weighted by Crippen LogP contribution is -2.05. The van der Waals surface area contributed by atoms with Gasteiger partial charge >= 0.3 is 0 Å². The fourth-order valence-electron chi connectivity index (χ4n) is 3.79. The molecule has 0 atom stereocenters. The average molecular weight is 386 g/mol. The lowest BCUT2D eigenvalue weighted by molar-refractivity contribution is 0.626. The molecule has 3 heterocycles. The Morgan fingerprint density at radius 3 is 2.55 bits per heavy atom. The topological polar surface area (TPSA) is 74.6 Å². The molecule has 0 radical (unpaired) electrons. The predicted octanol–water partition coefficient (Wildman–Crippen LogP) is 4.16. The summed E-state index contributed by atoms with van der Waals surface area (Å²) in [5, 5.41) is 5.74. The Hall–Kier alpha value is -3.74. The van der Waals surface area contributed by atoms with E-state index in [-0.39, 0.29) is 5.82 Å². The first kappa shape index (κ1) is 17.4. The number of hydrogen-bond acceptors (Lipinski definition) is 4. The monoisotopic (exact) mass is 386 g/mol. The van der Waals surface area contributed by atoms with Crippen LogP contribution in [0.2, 0.25) is 0 Å². The molecule has 0 spiro atoms. The fourth-order valence-corrected chi connectivity index (χ4v) is 3.79. The van der Waals surface area contributed by atoms with E-state index in [1.807, 2.05) is 48.9 Å². The van der Waals surface area contributed by atoms with E-state index in [1.54, 1.807) is 12.1 Å². The van der Waals surface area contributed by atoms with Gasteiger partial charge in [-0.3, -0.25) is 0 Å². The van der Waals surface area contributed by atoms with Crippen LogP contribution in [0.5, 0.6) is 0 Å². The first-order chi connectivity index (χ1) is 14.0. The molecule has 0 amide bonds. The number of fused-ring (bicyclic) bond motifs is 3. The number of nitrogen functional groups attached to an aromatic ring is 1. The number of nitrogens with zero attached hydrogens (tertiary/aromatic N) is 5. The molecule has 144 valence electrons. The molecule has 6 nitrogen and oxygen atoms in total. The van der Waals surface area contributed by atoms with E-state index >= 15 is 0 Å². The standard InChI is InChI=1S/C22H19FN6/c1-13-11-16(27-29(13)17-9-7-15(23)8-10-17)12-28-14(2)25-20-21(28)18-5-3-4-6-19(18)26-22(20)24/h3-11H,12H2,1-2H3,(H2,24,26). The molecule has 0 unspecified atom stereocenters. The number of hydrogen-bond donors (Lipinski definition) is 1. The summed E-state index contributed by atoms with van der Waals surface area (Å²) in [6.07, 6.45) is 0. The molecule has 5 rings (SSSR count). The van der Waals surface area contributed by atoms with Crippen LogP contribution in [0, 0.1) is 19.7 Å². The number of pyridine rings is 1. The molecule has 0 saturated carbocycles. The van der Waals surface area contributed by atoms with Gasteiger partial charge in [0.25, 0.3) is 0 Å². The van der Waals surface area contributed by atoms with Crippen molar-refractivity contribution in [1.29, 1.82) is 0 Å². The minimum atomic E-state index is -0.266. The molecular formula is C22H19FN6. The maximum Gasteiger partial charge on any atom is 0.152 e. The Morgan fingerprint density at radius 2 is 1.76 bits per heavy atom. The Balaban J connectivity index is 1.64. The average Bonchev–Trinajstić information content (AvgIpc) is 3.23. The maximum atomic E-state index is 13.3. The number of aryl methyl sites for hydroxylation is 2. The minimum Gasteiger partial charge on any atom is -0.382 e. The van der Waals surface area contributed by atoms with Crippen molar-refractivity contribution in [2.75, 3.05) is 5.73 Å². The predicted molar refractivity (Wildman–Crippen MR) is 112 cm³/mol. The second-order valence-electron chi connectivity index (χ2n) is 7.12. The van der Waals surface area contributed by atoms with Crippen molar-refractivity contribution in [3.05, 3.63) is 77.6 Å². The van der Waals surface area contributed by atoms with Crippen LogP contribution in [-0.4, -0.2) is 24.3 Å². The highest BCUT2D eigenvalue weighted by atomic mass is 19.1. The third-order valence-corrected chi connectivity index (χ3v) is 5.13. The SMILES string of the molecule is Cc1cc(Cn2c(C)nc3c(N)nc4ccccc4c32)nn1-c1ccc(F)cc1. The van der Waals surface area contributed by atoms with E-state index < -0.39 is 0 Å². The Morgan fingerprint density at radius 1 is 1.00 bits per heavy atom. The smallest absolute Gasteiger partial charge is 0.152 e. The molecule has 29 heavy (non-hydrogen) atoms. The summed E-state index contributed by atoms with van der Waals surface area (Å²) in [7, 11) is 0. The van der Waals surface area contributed by atoms with E-state index in [0.717, 1.165) is 39.3 Å². The molecule has 0 saturated heterocycles. The van der Waals surface area contributed by atoms with E-state index in [9.17, 15) is 4.39 Å². The summed E-state index contributed by atoms with van der Waals surface area (Å²) in [6, 6.07) is 16.3. The molecule has 2 aromatic carbocycles. The van der Waals surface area contributed by atoms with Gasteiger partial charge in [0.15, 0.2) is 5.82 Å². The first-order valence-electron chi connectivity index (χ1n) is 9.34. The number of rotatable bonds is 3. The summed E-state index contributed by atoms with van der Waals surface area (Å²) >= 11 is 0. The zero-order valence-electron chi connectivity index (χ0n) is 16.1. The summed E-state index contributed by atoms with van der Waals surface area (Å²) in [5.41, 5.74) is 11.4. The highest BCUT2D eigenvalue weighted by Gasteiger charge is 2.17. The molecule has 0 bridgehead atoms. The van der Waals surface area contributed by atoms with Crippen LogP contribution in [0.4, 0.5) is 10.2 Å². The molecule has 0 aliphatic rings.